The number of aliphatic hydroxyl groups excluding tert-OH is 2. The third-order valence-electron chi connectivity index (χ3n) is 4.68. The second-order valence-corrected chi connectivity index (χ2v) is 6.88. The van der Waals surface area contributed by atoms with E-state index in [1.807, 2.05) is 0 Å². The lowest BCUT2D eigenvalue weighted by molar-refractivity contribution is 0.115. The van der Waals surface area contributed by atoms with Gasteiger partial charge in [0.1, 0.15) is 0 Å². The topological polar surface area (TPSA) is 66.5 Å². The van der Waals surface area contributed by atoms with Crippen LogP contribution in [-0.2, 0) is 12.8 Å². The highest BCUT2D eigenvalue weighted by Gasteiger charge is 2.22. The fraction of sp³-hybridized carbons (Fsp3) is 0.545. The molecule has 25 heavy (non-hydrogen) atoms. The molecule has 0 unspecified atom stereocenters. The van der Waals surface area contributed by atoms with Gasteiger partial charge >= 0.3 is 0 Å². The van der Waals surface area contributed by atoms with E-state index in [1.165, 1.54) is 29.5 Å². The Hall–Kier alpha value is -1.42. The van der Waals surface area contributed by atoms with Crippen molar-refractivity contribution in [3.8, 4) is 0 Å². The van der Waals surface area contributed by atoms with Crippen molar-refractivity contribution < 1.29 is 10.2 Å². The van der Waals surface area contributed by atoms with Gasteiger partial charge in [-0.15, -0.1) is 0 Å². The van der Waals surface area contributed by atoms with Crippen LogP contribution in [0.1, 0.15) is 57.1 Å². The molecule has 0 aromatic heterocycles. The molecular weight excluding hydrogens is 310 g/mol. The van der Waals surface area contributed by atoms with E-state index in [2.05, 4.69) is 56.3 Å². The van der Waals surface area contributed by atoms with Gasteiger partial charge in [0.25, 0.3) is 0 Å². The first-order valence-corrected chi connectivity index (χ1v) is 9.47. The van der Waals surface area contributed by atoms with Gasteiger partial charge in [0.2, 0.25) is 0 Å². The lowest BCUT2D eigenvalue weighted by Gasteiger charge is -2.24. The summed E-state index contributed by atoms with van der Waals surface area (Å²) in [6.45, 7) is 3.89. The molecule has 0 aliphatic rings. The van der Waals surface area contributed by atoms with E-state index in [9.17, 15) is 10.2 Å². The fourth-order valence-electron chi connectivity index (χ4n) is 2.73. The first-order chi connectivity index (χ1) is 12.1. The summed E-state index contributed by atoms with van der Waals surface area (Å²) in [5, 5.41) is 18.5. The highest BCUT2D eigenvalue weighted by atomic mass is 16.3. The van der Waals surface area contributed by atoms with Crippen LogP contribution in [0.5, 0.6) is 0 Å². The van der Waals surface area contributed by atoms with Gasteiger partial charge in [-0.3, -0.25) is 0 Å². The Morgan fingerprint density at radius 3 is 2.16 bits per heavy atom. The Balaban J connectivity index is 2.36. The van der Waals surface area contributed by atoms with Crippen molar-refractivity contribution in [1.82, 2.24) is 0 Å². The van der Waals surface area contributed by atoms with Gasteiger partial charge in [-0.05, 0) is 63.0 Å². The summed E-state index contributed by atoms with van der Waals surface area (Å²) in [6.07, 6.45) is 13.7. The molecule has 0 bridgehead atoms. The van der Waals surface area contributed by atoms with Crippen molar-refractivity contribution in [3.63, 3.8) is 0 Å². The zero-order valence-electron chi connectivity index (χ0n) is 15.9. The van der Waals surface area contributed by atoms with Gasteiger partial charge in [-0.2, -0.15) is 0 Å². The molecule has 3 nitrogen and oxygen atoms in total. The number of hydrogen-bond donors (Lipinski definition) is 3. The average Bonchev–Trinajstić information content (AvgIpc) is 2.66. The number of hydrogen-bond acceptors (Lipinski definition) is 3. The maximum Gasteiger partial charge on any atom is 0.0633 e. The number of allylic oxidation sites excluding steroid dienone is 4. The minimum Gasteiger partial charge on any atom is -0.394 e. The number of aryl methyl sites for hydroxylation is 2. The zero-order valence-corrected chi connectivity index (χ0v) is 15.9. The summed E-state index contributed by atoms with van der Waals surface area (Å²) in [6, 6.07) is 8.62. The lowest BCUT2D eigenvalue weighted by Crippen LogP contribution is -2.47. The van der Waals surface area contributed by atoms with E-state index in [0.717, 1.165) is 25.7 Å². The predicted molar refractivity (Wildman–Crippen MR) is 107 cm³/mol. The minimum atomic E-state index is -0.880. The van der Waals surface area contributed by atoms with Crippen LogP contribution in [0.25, 0.3) is 0 Å². The van der Waals surface area contributed by atoms with Crippen LogP contribution in [-0.4, -0.2) is 29.0 Å². The van der Waals surface area contributed by atoms with Crippen molar-refractivity contribution in [2.45, 2.75) is 64.3 Å². The smallest absolute Gasteiger partial charge is 0.0633 e. The lowest BCUT2D eigenvalue weighted by atomic mass is 9.93. The van der Waals surface area contributed by atoms with E-state index < -0.39 is 5.54 Å². The quantitative estimate of drug-likeness (QED) is 0.397. The van der Waals surface area contributed by atoms with E-state index in [4.69, 9.17) is 5.73 Å². The van der Waals surface area contributed by atoms with Gasteiger partial charge in [0, 0.05) is 0 Å². The van der Waals surface area contributed by atoms with Crippen molar-refractivity contribution in [2.24, 2.45) is 5.73 Å². The molecule has 1 aromatic carbocycles. The molecule has 1 aromatic rings. The second kappa shape index (κ2) is 12.0. The van der Waals surface area contributed by atoms with Gasteiger partial charge in [-0.25, -0.2) is 0 Å². The average molecular weight is 346 g/mol. The summed E-state index contributed by atoms with van der Waals surface area (Å²) in [4.78, 5) is 0. The van der Waals surface area contributed by atoms with Crippen LogP contribution in [0.2, 0.25) is 0 Å². The largest absolute Gasteiger partial charge is 0.394 e. The van der Waals surface area contributed by atoms with Crippen LogP contribution in [0, 0.1) is 0 Å². The fourth-order valence-corrected chi connectivity index (χ4v) is 2.73. The van der Waals surface area contributed by atoms with Crippen molar-refractivity contribution >= 4 is 0 Å². The van der Waals surface area contributed by atoms with Gasteiger partial charge < -0.3 is 15.9 Å². The number of rotatable bonds is 12. The number of aliphatic hydroxyl groups is 2. The third-order valence-corrected chi connectivity index (χ3v) is 4.68. The molecule has 140 valence electrons. The van der Waals surface area contributed by atoms with Gasteiger partial charge in [0.15, 0.2) is 0 Å². The maximum absolute atomic E-state index is 9.24. The Bertz CT molecular complexity index is 527. The Labute approximate surface area is 153 Å². The normalized spacial score (nSPS) is 12.9. The number of nitrogens with two attached hydrogens (primary N) is 1. The Morgan fingerprint density at radius 2 is 1.64 bits per heavy atom. The maximum atomic E-state index is 9.24. The molecule has 0 fully saturated rings. The van der Waals surface area contributed by atoms with Crippen LogP contribution >= 0.6 is 0 Å². The van der Waals surface area contributed by atoms with Crippen LogP contribution < -0.4 is 5.73 Å². The third kappa shape index (κ3) is 8.48. The minimum absolute atomic E-state index is 0.191. The molecule has 0 radical (unpaired) electrons. The Morgan fingerprint density at radius 1 is 1.04 bits per heavy atom. The summed E-state index contributed by atoms with van der Waals surface area (Å²) < 4.78 is 0. The molecule has 0 heterocycles. The van der Waals surface area contributed by atoms with Crippen molar-refractivity contribution in [2.75, 3.05) is 13.2 Å². The molecule has 4 N–H and O–H groups in total. The summed E-state index contributed by atoms with van der Waals surface area (Å²) in [7, 11) is 0. The molecule has 1 rings (SSSR count). The van der Waals surface area contributed by atoms with Crippen LogP contribution in [0.15, 0.2) is 48.1 Å². The SMILES string of the molecule is C/C=C(\C=C/CC)CCCCc1ccc(CCC(N)(CO)CO)cc1. The number of unbranched alkanes of at least 4 members (excludes halogenated alkanes) is 1. The van der Waals surface area contributed by atoms with Gasteiger partial charge in [0.05, 0.1) is 18.8 Å². The monoisotopic (exact) mass is 345 g/mol. The highest BCUT2D eigenvalue weighted by molar-refractivity contribution is 5.23. The van der Waals surface area contributed by atoms with Crippen LogP contribution in [0.3, 0.4) is 0 Å². The van der Waals surface area contributed by atoms with Crippen LogP contribution in [0.4, 0.5) is 0 Å². The molecule has 0 spiro atoms. The molecule has 0 atom stereocenters. The van der Waals surface area contributed by atoms with E-state index in [-0.39, 0.29) is 13.2 Å². The molecule has 0 saturated heterocycles. The molecule has 0 saturated carbocycles. The summed E-state index contributed by atoms with van der Waals surface area (Å²) >= 11 is 0. The first kappa shape index (κ1) is 21.6. The first-order valence-electron chi connectivity index (χ1n) is 9.47. The van der Waals surface area contributed by atoms with Gasteiger partial charge in [-0.1, -0.05) is 55.0 Å². The highest BCUT2D eigenvalue weighted by Crippen LogP contribution is 2.15. The standard InChI is InChI=1S/C22H35NO2/c1-3-5-8-19(4-2)9-6-7-10-20-11-13-21(14-12-20)15-16-22(23,17-24)18-25/h4-5,8,11-14,24-25H,3,6-7,9-10,15-18,23H2,1-2H3/b8-5-,19-4+. The summed E-state index contributed by atoms with van der Waals surface area (Å²) in [5.74, 6) is 0. The zero-order chi connectivity index (χ0) is 18.5. The summed E-state index contributed by atoms with van der Waals surface area (Å²) in [5.41, 5.74) is 9.01. The molecular formula is C22H35NO2. The predicted octanol–water partition coefficient (Wildman–Crippen LogP) is 3.93. The van der Waals surface area contributed by atoms with E-state index in [0.29, 0.717) is 6.42 Å². The van der Waals surface area contributed by atoms with Crippen molar-refractivity contribution in [3.05, 3.63) is 59.2 Å². The van der Waals surface area contributed by atoms with E-state index >= 15 is 0 Å². The Kier molecular flexibility index (Phi) is 10.4. The second-order valence-electron chi connectivity index (χ2n) is 6.88. The molecule has 0 amide bonds. The molecule has 0 aliphatic carbocycles. The van der Waals surface area contributed by atoms with Crippen molar-refractivity contribution in [1.29, 1.82) is 0 Å². The van der Waals surface area contributed by atoms with E-state index in [1.54, 1.807) is 0 Å². The molecule has 3 heteroatoms. The number of benzene rings is 1. The molecule has 0 aliphatic heterocycles.